The molecular weight excluding hydrogens is 188 g/mol. The molecule has 0 unspecified atom stereocenters. The van der Waals surface area contributed by atoms with Gasteiger partial charge in [-0.25, -0.2) is 0 Å². The largest absolute Gasteiger partial charge is 0.309 e. The predicted octanol–water partition coefficient (Wildman–Crippen LogP) is 1.63. The van der Waals surface area contributed by atoms with E-state index in [0.29, 0.717) is 5.78 Å². The maximum absolute atomic E-state index is 10.7. The van der Waals surface area contributed by atoms with E-state index in [1.807, 2.05) is 0 Å². The van der Waals surface area contributed by atoms with Crippen molar-refractivity contribution in [3.63, 3.8) is 0 Å². The summed E-state index contributed by atoms with van der Waals surface area (Å²) >= 11 is 0. The molecule has 0 bridgehead atoms. The Labute approximate surface area is 94.4 Å². The first kappa shape index (κ1) is 14.6. The van der Waals surface area contributed by atoms with E-state index in [1.165, 1.54) is 6.42 Å². The van der Waals surface area contributed by atoms with E-state index in [9.17, 15) is 4.79 Å². The molecule has 0 atom stereocenters. The van der Waals surface area contributed by atoms with Crippen LogP contribution < -0.4 is 0 Å². The number of ketones is 1. The zero-order chi connectivity index (χ0) is 11.7. The van der Waals surface area contributed by atoms with Gasteiger partial charge >= 0.3 is 0 Å². The molecule has 0 rings (SSSR count). The molecule has 0 N–H and O–H groups in total. The van der Waals surface area contributed by atoms with Crippen molar-refractivity contribution in [1.29, 1.82) is 0 Å². The van der Waals surface area contributed by atoms with E-state index in [0.717, 1.165) is 38.9 Å². The van der Waals surface area contributed by atoms with Gasteiger partial charge in [0.15, 0.2) is 0 Å². The molecule has 0 aromatic rings. The third-order valence-electron chi connectivity index (χ3n) is 2.46. The predicted molar refractivity (Wildman–Crippen MR) is 65.2 cm³/mol. The van der Waals surface area contributed by atoms with E-state index in [2.05, 4.69) is 30.9 Å². The van der Waals surface area contributed by atoms with Gasteiger partial charge in [0.25, 0.3) is 0 Å². The number of carbonyl (C=O) groups excluding carboxylic acids is 1. The van der Waals surface area contributed by atoms with E-state index < -0.39 is 0 Å². The summed E-state index contributed by atoms with van der Waals surface area (Å²) in [6.45, 7) is 5.08. The van der Waals surface area contributed by atoms with Gasteiger partial charge in [-0.05, 0) is 67.0 Å². The van der Waals surface area contributed by atoms with Crippen LogP contribution in [0.15, 0.2) is 0 Å². The molecular formula is C12H26N2O. The third-order valence-corrected chi connectivity index (χ3v) is 2.46. The minimum atomic E-state index is 0.310. The molecule has 0 aliphatic rings. The molecule has 0 aliphatic heterocycles. The number of carbonyl (C=O) groups is 1. The summed E-state index contributed by atoms with van der Waals surface area (Å²) in [5, 5.41) is 0. The molecule has 0 fully saturated rings. The molecule has 0 aromatic carbocycles. The molecule has 0 aromatic heterocycles. The van der Waals surface area contributed by atoms with Crippen LogP contribution in [0.25, 0.3) is 0 Å². The highest BCUT2D eigenvalue weighted by Crippen LogP contribution is 1.99. The van der Waals surface area contributed by atoms with Gasteiger partial charge in [-0.1, -0.05) is 0 Å². The van der Waals surface area contributed by atoms with Crippen molar-refractivity contribution in [2.24, 2.45) is 0 Å². The standard InChI is InChI=1S/C12H26N2O/c1-12(15)8-5-6-10-14(4)11-7-9-13(2)3/h5-11H2,1-4H3. The van der Waals surface area contributed by atoms with Gasteiger partial charge in [-0.3, -0.25) is 0 Å². The Morgan fingerprint density at radius 1 is 0.933 bits per heavy atom. The molecule has 0 spiro atoms. The van der Waals surface area contributed by atoms with Gasteiger partial charge in [-0.15, -0.1) is 0 Å². The molecule has 0 radical (unpaired) electrons. The fraction of sp³-hybridized carbons (Fsp3) is 0.917. The number of Topliss-reactive ketones (excluding diaryl/α,β-unsaturated/α-hetero) is 1. The monoisotopic (exact) mass is 214 g/mol. The van der Waals surface area contributed by atoms with Crippen LogP contribution in [0, 0.1) is 0 Å². The molecule has 3 nitrogen and oxygen atoms in total. The lowest BCUT2D eigenvalue weighted by molar-refractivity contribution is -0.117. The molecule has 3 heteroatoms. The van der Waals surface area contributed by atoms with Crippen LogP contribution in [-0.2, 0) is 4.79 Å². The minimum Gasteiger partial charge on any atom is -0.309 e. The normalized spacial score (nSPS) is 11.3. The van der Waals surface area contributed by atoms with Crippen LogP contribution in [0.1, 0.15) is 32.6 Å². The topological polar surface area (TPSA) is 23.6 Å². The summed E-state index contributed by atoms with van der Waals surface area (Å²) in [5.74, 6) is 0.310. The Hall–Kier alpha value is -0.410. The van der Waals surface area contributed by atoms with Gasteiger partial charge in [0.1, 0.15) is 5.78 Å². The van der Waals surface area contributed by atoms with Gasteiger partial charge < -0.3 is 14.6 Å². The Morgan fingerprint density at radius 2 is 1.53 bits per heavy atom. The summed E-state index contributed by atoms with van der Waals surface area (Å²) in [5.41, 5.74) is 0. The Bertz CT molecular complexity index is 169. The highest BCUT2D eigenvalue weighted by molar-refractivity contribution is 5.75. The van der Waals surface area contributed by atoms with Gasteiger partial charge in [0, 0.05) is 6.42 Å². The molecule has 15 heavy (non-hydrogen) atoms. The average molecular weight is 214 g/mol. The smallest absolute Gasteiger partial charge is 0.129 e. The van der Waals surface area contributed by atoms with Gasteiger partial charge in [0.2, 0.25) is 0 Å². The maximum atomic E-state index is 10.7. The molecule has 0 amide bonds. The van der Waals surface area contributed by atoms with Gasteiger partial charge in [-0.2, -0.15) is 0 Å². The highest BCUT2D eigenvalue weighted by atomic mass is 16.1. The summed E-state index contributed by atoms with van der Waals surface area (Å²) in [6.07, 6.45) is 4.13. The lowest BCUT2D eigenvalue weighted by atomic mass is 10.2. The van der Waals surface area contributed by atoms with Crippen molar-refractivity contribution in [3.8, 4) is 0 Å². The number of rotatable bonds is 9. The lowest BCUT2D eigenvalue weighted by Gasteiger charge is -2.17. The fourth-order valence-corrected chi connectivity index (χ4v) is 1.52. The molecule has 0 saturated heterocycles. The van der Waals surface area contributed by atoms with Crippen LogP contribution in [-0.4, -0.2) is 56.4 Å². The first-order chi connectivity index (χ1) is 7.02. The fourth-order valence-electron chi connectivity index (χ4n) is 1.52. The van der Waals surface area contributed by atoms with Crippen molar-refractivity contribution in [1.82, 2.24) is 9.80 Å². The Balaban J connectivity index is 3.25. The van der Waals surface area contributed by atoms with E-state index in [-0.39, 0.29) is 0 Å². The number of nitrogens with zero attached hydrogens (tertiary/aromatic N) is 2. The summed E-state index contributed by atoms with van der Waals surface area (Å²) in [6, 6.07) is 0. The van der Waals surface area contributed by atoms with Crippen molar-refractivity contribution in [3.05, 3.63) is 0 Å². The number of unbranched alkanes of at least 4 members (excludes halogenated alkanes) is 1. The highest BCUT2D eigenvalue weighted by Gasteiger charge is 1.99. The summed E-state index contributed by atoms with van der Waals surface area (Å²) in [4.78, 5) is 15.3. The molecule has 0 saturated carbocycles. The third kappa shape index (κ3) is 11.5. The van der Waals surface area contributed by atoms with Crippen molar-refractivity contribution in [2.45, 2.75) is 32.6 Å². The average Bonchev–Trinajstić information content (AvgIpc) is 2.11. The van der Waals surface area contributed by atoms with Crippen molar-refractivity contribution < 1.29 is 4.79 Å². The first-order valence-electron chi connectivity index (χ1n) is 5.85. The van der Waals surface area contributed by atoms with E-state index in [1.54, 1.807) is 6.92 Å². The summed E-state index contributed by atoms with van der Waals surface area (Å²) < 4.78 is 0. The van der Waals surface area contributed by atoms with Crippen LogP contribution >= 0.6 is 0 Å². The lowest BCUT2D eigenvalue weighted by Crippen LogP contribution is -2.24. The SMILES string of the molecule is CC(=O)CCCCN(C)CCCN(C)C. The Morgan fingerprint density at radius 3 is 2.07 bits per heavy atom. The van der Waals surface area contributed by atoms with Gasteiger partial charge in [0.05, 0.1) is 0 Å². The maximum Gasteiger partial charge on any atom is 0.129 e. The Kier molecular flexibility index (Phi) is 8.62. The first-order valence-corrected chi connectivity index (χ1v) is 5.85. The zero-order valence-corrected chi connectivity index (χ0v) is 10.8. The van der Waals surface area contributed by atoms with Crippen LogP contribution in [0.4, 0.5) is 0 Å². The summed E-state index contributed by atoms with van der Waals surface area (Å²) in [7, 11) is 6.36. The second kappa shape index (κ2) is 8.86. The van der Waals surface area contributed by atoms with Crippen LogP contribution in [0.2, 0.25) is 0 Å². The molecule has 0 aliphatic carbocycles. The van der Waals surface area contributed by atoms with Crippen molar-refractivity contribution >= 4 is 5.78 Å². The quantitative estimate of drug-likeness (QED) is 0.545. The van der Waals surface area contributed by atoms with Crippen LogP contribution in [0.5, 0.6) is 0 Å². The minimum absolute atomic E-state index is 0.310. The molecule has 0 heterocycles. The second-order valence-electron chi connectivity index (χ2n) is 4.62. The number of hydrogen-bond acceptors (Lipinski definition) is 3. The van der Waals surface area contributed by atoms with E-state index in [4.69, 9.17) is 0 Å². The second-order valence-corrected chi connectivity index (χ2v) is 4.62. The van der Waals surface area contributed by atoms with E-state index >= 15 is 0 Å². The number of hydrogen-bond donors (Lipinski definition) is 0. The zero-order valence-electron chi connectivity index (χ0n) is 10.8. The van der Waals surface area contributed by atoms with Crippen molar-refractivity contribution in [2.75, 3.05) is 40.8 Å². The van der Waals surface area contributed by atoms with Crippen LogP contribution in [0.3, 0.4) is 0 Å². The molecule has 90 valence electrons.